The lowest BCUT2D eigenvalue weighted by atomic mass is 10.2. The summed E-state index contributed by atoms with van der Waals surface area (Å²) in [5, 5.41) is 9.00. The van der Waals surface area contributed by atoms with E-state index in [1.807, 2.05) is 19.9 Å². The normalized spacial score (nSPS) is 7.45. The molecule has 0 spiro atoms. The third-order valence-electron chi connectivity index (χ3n) is 0.973. The number of benzene rings is 1. The van der Waals surface area contributed by atoms with Gasteiger partial charge < -0.3 is 0 Å². The molecule has 0 aliphatic rings. The standard InChI is InChI=1S/C7H4ClN.C2H6/c8-7-3-1-6(5-9)2-4-7;1-2/h1-4H;1-2H3. The van der Waals surface area contributed by atoms with E-state index in [2.05, 4.69) is 0 Å². The fourth-order valence-corrected chi connectivity index (χ4v) is 0.650. The van der Waals surface area contributed by atoms with Crippen LogP contribution in [0.5, 0.6) is 0 Å². The van der Waals surface area contributed by atoms with Gasteiger partial charge in [-0.15, -0.1) is 0 Å². The predicted octanol–water partition coefficient (Wildman–Crippen LogP) is 3.24. The molecule has 0 atom stereocenters. The van der Waals surface area contributed by atoms with Crippen molar-refractivity contribution in [3.63, 3.8) is 0 Å². The highest BCUT2D eigenvalue weighted by atomic mass is 35.5. The highest BCUT2D eigenvalue weighted by Gasteiger charge is 1.86. The quantitative estimate of drug-likeness (QED) is 0.582. The van der Waals surface area contributed by atoms with Crippen molar-refractivity contribution in [2.24, 2.45) is 0 Å². The molecule has 1 nitrogen and oxygen atoms in total. The Balaban J connectivity index is 0.000000461. The molecule has 0 aliphatic heterocycles. The maximum Gasteiger partial charge on any atom is 0.0991 e. The zero-order valence-corrected chi connectivity index (χ0v) is 7.39. The van der Waals surface area contributed by atoms with Gasteiger partial charge in [-0.3, -0.25) is 0 Å². The van der Waals surface area contributed by atoms with E-state index >= 15 is 0 Å². The first kappa shape index (κ1) is 10.0. The smallest absolute Gasteiger partial charge is 0.0991 e. The van der Waals surface area contributed by atoms with Crippen LogP contribution in [0.3, 0.4) is 0 Å². The Morgan fingerprint density at radius 2 is 1.64 bits per heavy atom. The minimum absolute atomic E-state index is 0.638. The largest absolute Gasteiger partial charge is 0.192 e. The van der Waals surface area contributed by atoms with Crippen molar-refractivity contribution < 1.29 is 0 Å². The lowest BCUT2D eigenvalue weighted by Gasteiger charge is -1.86. The van der Waals surface area contributed by atoms with Gasteiger partial charge in [0.2, 0.25) is 0 Å². The molecule has 0 unspecified atom stereocenters. The van der Waals surface area contributed by atoms with Gasteiger partial charge >= 0.3 is 0 Å². The molecule has 0 aliphatic carbocycles. The van der Waals surface area contributed by atoms with Crippen molar-refractivity contribution >= 4 is 11.6 Å². The molecular weight excluding hydrogens is 158 g/mol. The number of rotatable bonds is 0. The molecule has 2 heteroatoms. The number of hydrogen-bond donors (Lipinski definition) is 0. The molecule has 0 saturated heterocycles. The summed E-state index contributed by atoms with van der Waals surface area (Å²) in [5.41, 5.74) is 0.638. The molecule has 0 heterocycles. The predicted molar refractivity (Wildman–Crippen MR) is 47.5 cm³/mol. The monoisotopic (exact) mass is 167 g/mol. The van der Waals surface area contributed by atoms with Gasteiger partial charge in [0.05, 0.1) is 11.6 Å². The Labute approximate surface area is 72.2 Å². The number of halogens is 1. The number of nitriles is 1. The maximum atomic E-state index is 8.34. The lowest BCUT2D eigenvalue weighted by Crippen LogP contribution is -1.69. The Kier molecular flexibility index (Phi) is 5.24. The van der Waals surface area contributed by atoms with Gasteiger partial charge in [-0.25, -0.2) is 0 Å². The second kappa shape index (κ2) is 5.76. The first-order valence-corrected chi connectivity index (χ1v) is 3.86. The summed E-state index contributed by atoms with van der Waals surface area (Å²) in [5.74, 6) is 0. The van der Waals surface area contributed by atoms with E-state index in [1.165, 1.54) is 0 Å². The van der Waals surface area contributed by atoms with E-state index in [1.54, 1.807) is 24.3 Å². The Morgan fingerprint density at radius 1 is 1.18 bits per heavy atom. The summed E-state index contributed by atoms with van der Waals surface area (Å²) in [6, 6.07) is 8.75. The van der Waals surface area contributed by atoms with Gasteiger partial charge in [0.15, 0.2) is 0 Å². The minimum atomic E-state index is 0.638. The summed E-state index contributed by atoms with van der Waals surface area (Å²) in [6.45, 7) is 4.00. The molecule has 11 heavy (non-hydrogen) atoms. The molecule has 0 saturated carbocycles. The SMILES string of the molecule is CC.N#Cc1ccc(Cl)cc1. The van der Waals surface area contributed by atoms with E-state index in [4.69, 9.17) is 16.9 Å². The van der Waals surface area contributed by atoms with Crippen LogP contribution in [0.2, 0.25) is 5.02 Å². The molecule has 0 radical (unpaired) electrons. The van der Waals surface area contributed by atoms with E-state index < -0.39 is 0 Å². The summed E-state index contributed by atoms with van der Waals surface area (Å²) in [4.78, 5) is 0. The Hall–Kier alpha value is -1.00. The molecule has 1 aromatic rings. The molecule has 0 N–H and O–H groups in total. The number of nitrogens with zero attached hydrogens (tertiary/aromatic N) is 1. The summed E-state index contributed by atoms with van der Waals surface area (Å²) in [6.07, 6.45) is 0. The molecule has 1 rings (SSSR count). The first-order chi connectivity index (χ1) is 5.33. The molecule has 58 valence electrons. The molecule has 0 fully saturated rings. The third kappa shape index (κ3) is 3.64. The van der Waals surface area contributed by atoms with Gasteiger partial charge in [-0.2, -0.15) is 5.26 Å². The van der Waals surface area contributed by atoms with Crippen LogP contribution in [-0.4, -0.2) is 0 Å². The average Bonchev–Trinajstić information content (AvgIpc) is 2.10. The molecule has 0 aromatic heterocycles. The highest BCUT2D eigenvalue weighted by Crippen LogP contribution is 2.07. The Morgan fingerprint density at radius 3 is 2.00 bits per heavy atom. The van der Waals surface area contributed by atoms with Gasteiger partial charge in [-0.05, 0) is 24.3 Å². The van der Waals surface area contributed by atoms with Crippen LogP contribution in [0.1, 0.15) is 19.4 Å². The van der Waals surface area contributed by atoms with Crippen LogP contribution < -0.4 is 0 Å². The van der Waals surface area contributed by atoms with Crippen molar-refractivity contribution in [1.29, 1.82) is 5.26 Å². The van der Waals surface area contributed by atoms with Crippen molar-refractivity contribution in [1.82, 2.24) is 0 Å². The van der Waals surface area contributed by atoms with Crippen molar-refractivity contribution in [2.75, 3.05) is 0 Å². The topological polar surface area (TPSA) is 23.8 Å². The molecular formula is C9H10ClN. The van der Waals surface area contributed by atoms with Crippen LogP contribution >= 0.6 is 11.6 Å². The number of hydrogen-bond acceptors (Lipinski definition) is 1. The highest BCUT2D eigenvalue weighted by molar-refractivity contribution is 6.30. The first-order valence-electron chi connectivity index (χ1n) is 3.48. The molecule has 1 aromatic carbocycles. The maximum absolute atomic E-state index is 8.34. The van der Waals surface area contributed by atoms with Gasteiger partial charge in [0.25, 0.3) is 0 Å². The summed E-state index contributed by atoms with van der Waals surface area (Å²) in [7, 11) is 0. The third-order valence-corrected chi connectivity index (χ3v) is 1.23. The second-order valence-electron chi connectivity index (χ2n) is 1.62. The van der Waals surface area contributed by atoms with Gasteiger partial charge in [-0.1, -0.05) is 25.4 Å². The van der Waals surface area contributed by atoms with E-state index in [0.29, 0.717) is 10.6 Å². The van der Waals surface area contributed by atoms with Crippen LogP contribution in [0.4, 0.5) is 0 Å². The Bertz CT molecular complexity index is 233. The van der Waals surface area contributed by atoms with E-state index in [-0.39, 0.29) is 0 Å². The van der Waals surface area contributed by atoms with Crippen molar-refractivity contribution in [3.05, 3.63) is 34.9 Å². The van der Waals surface area contributed by atoms with Crippen molar-refractivity contribution in [2.45, 2.75) is 13.8 Å². The van der Waals surface area contributed by atoms with Crippen LogP contribution in [0.25, 0.3) is 0 Å². The van der Waals surface area contributed by atoms with Crippen LogP contribution in [-0.2, 0) is 0 Å². The van der Waals surface area contributed by atoms with Gasteiger partial charge in [0.1, 0.15) is 0 Å². The summed E-state index contributed by atoms with van der Waals surface area (Å²) >= 11 is 5.56. The van der Waals surface area contributed by atoms with Gasteiger partial charge in [0, 0.05) is 5.02 Å². The fourth-order valence-electron chi connectivity index (χ4n) is 0.524. The zero-order chi connectivity index (χ0) is 8.69. The fraction of sp³-hybridized carbons (Fsp3) is 0.222. The average molecular weight is 168 g/mol. The van der Waals surface area contributed by atoms with Crippen LogP contribution in [0.15, 0.2) is 24.3 Å². The summed E-state index contributed by atoms with van der Waals surface area (Å²) < 4.78 is 0. The van der Waals surface area contributed by atoms with E-state index in [0.717, 1.165) is 0 Å². The second-order valence-corrected chi connectivity index (χ2v) is 2.06. The minimum Gasteiger partial charge on any atom is -0.192 e. The molecule has 0 amide bonds. The van der Waals surface area contributed by atoms with E-state index in [9.17, 15) is 0 Å². The lowest BCUT2D eigenvalue weighted by molar-refractivity contribution is 1.49. The zero-order valence-electron chi connectivity index (χ0n) is 6.63. The van der Waals surface area contributed by atoms with Crippen molar-refractivity contribution in [3.8, 4) is 6.07 Å². The molecule has 0 bridgehead atoms. The van der Waals surface area contributed by atoms with Crippen LogP contribution in [0, 0.1) is 11.3 Å².